The third-order valence-electron chi connectivity index (χ3n) is 3.77. The van der Waals surface area contributed by atoms with Gasteiger partial charge in [0.05, 0.1) is 4.90 Å². The second-order valence-corrected chi connectivity index (χ2v) is 8.57. The molecular formula is C20H25N3O5S. The maximum absolute atomic E-state index is 12.5. The Hall–Kier alpha value is -2.91. The molecule has 0 atom stereocenters. The fourth-order valence-electron chi connectivity index (χ4n) is 2.30. The van der Waals surface area contributed by atoms with Gasteiger partial charge in [-0.05, 0) is 56.3 Å². The van der Waals surface area contributed by atoms with Crippen molar-refractivity contribution in [2.24, 2.45) is 0 Å². The molecule has 2 N–H and O–H groups in total. The molecule has 9 heteroatoms. The average molecular weight is 420 g/mol. The molecule has 0 aliphatic rings. The Kier molecular flexibility index (Phi) is 7.35. The number of anilines is 1. The first-order chi connectivity index (χ1) is 13.6. The smallest absolute Gasteiger partial charge is 0.259 e. The lowest BCUT2D eigenvalue weighted by Gasteiger charge is -2.12. The molecule has 2 amide bonds. The molecule has 0 radical (unpaired) electrons. The van der Waals surface area contributed by atoms with Crippen LogP contribution in [-0.2, 0) is 14.8 Å². The molecule has 0 aromatic heterocycles. The van der Waals surface area contributed by atoms with Crippen LogP contribution in [0, 0.1) is 0 Å². The SMILES string of the molecule is CC(C)NS(=O)(=O)c1ccc(NC(=O)c2cccc(OCC(=O)N(C)C)c2)cc1. The van der Waals surface area contributed by atoms with Gasteiger partial charge in [-0.25, -0.2) is 13.1 Å². The van der Waals surface area contributed by atoms with Crippen LogP contribution in [0.25, 0.3) is 0 Å². The van der Waals surface area contributed by atoms with Gasteiger partial charge in [-0.3, -0.25) is 9.59 Å². The maximum Gasteiger partial charge on any atom is 0.259 e. The van der Waals surface area contributed by atoms with Crippen LogP contribution in [0.3, 0.4) is 0 Å². The minimum atomic E-state index is -3.59. The first-order valence-electron chi connectivity index (χ1n) is 8.95. The van der Waals surface area contributed by atoms with E-state index in [0.717, 1.165) is 0 Å². The largest absolute Gasteiger partial charge is 0.484 e. The number of rotatable bonds is 8. The summed E-state index contributed by atoms with van der Waals surface area (Å²) < 4.78 is 32.2. The summed E-state index contributed by atoms with van der Waals surface area (Å²) in [6, 6.07) is 12.1. The number of benzene rings is 2. The monoisotopic (exact) mass is 419 g/mol. The lowest BCUT2D eigenvalue weighted by molar-refractivity contribution is -0.130. The molecule has 0 aliphatic carbocycles. The Morgan fingerprint density at radius 1 is 1.07 bits per heavy atom. The Bertz CT molecular complexity index is 970. The van der Waals surface area contributed by atoms with Crippen LogP contribution in [0.4, 0.5) is 5.69 Å². The van der Waals surface area contributed by atoms with Crippen LogP contribution < -0.4 is 14.8 Å². The van der Waals surface area contributed by atoms with Crippen LogP contribution in [0.1, 0.15) is 24.2 Å². The van der Waals surface area contributed by atoms with E-state index >= 15 is 0 Å². The van der Waals surface area contributed by atoms with Gasteiger partial charge in [0, 0.05) is 31.4 Å². The summed E-state index contributed by atoms with van der Waals surface area (Å²) in [6.07, 6.45) is 0. The zero-order valence-electron chi connectivity index (χ0n) is 16.8. The lowest BCUT2D eigenvalue weighted by Crippen LogP contribution is -2.30. The summed E-state index contributed by atoms with van der Waals surface area (Å²) in [4.78, 5) is 25.6. The summed E-state index contributed by atoms with van der Waals surface area (Å²) in [5, 5.41) is 2.70. The van der Waals surface area contributed by atoms with Crippen molar-refractivity contribution < 1.29 is 22.7 Å². The van der Waals surface area contributed by atoms with Crippen molar-refractivity contribution in [2.45, 2.75) is 24.8 Å². The highest BCUT2D eigenvalue weighted by atomic mass is 32.2. The van der Waals surface area contributed by atoms with Crippen LogP contribution >= 0.6 is 0 Å². The average Bonchev–Trinajstić information content (AvgIpc) is 2.65. The molecule has 29 heavy (non-hydrogen) atoms. The first kappa shape index (κ1) is 22.4. The standard InChI is InChI=1S/C20H25N3O5S/c1-14(2)22-29(26,27)18-10-8-16(9-11-18)21-20(25)15-6-5-7-17(12-15)28-13-19(24)23(3)4/h5-12,14,22H,13H2,1-4H3,(H,21,25). The predicted molar refractivity (Wildman–Crippen MR) is 110 cm³/mol. The van der Waals surface area contributed by atoms with Gasteiger partial charge < -0.3 is 15.0 Å². The fourth-order valence-corrected chi connectivity index (χ4v) is 3.55. The number of nitrogens with zero attached hydrogens (tertiary/aromatic N) is 1. The van der Waals surface area contributed by atoms with E-state index in [4.69, 9.17) is 4.74 Å². The Labute approximate surface area is 170 Å². The molecule has 0 heterocycles. The van der Waals surface area contributed by atoms with Crippen molar-refractivity contribution >= 4 is 27.5 Å². The van der Waals surface area contributed by atoms with E-state index in [0.29, 0.717) is 17.0 Å². The van der Waals surface area contributed by atoms with Gasteiger partial charge in [0.15, 0.2) is 6.61 Å². The number of likely N-dealkylation sites (N-methyl/N-ethyl adjacent to an activating group) is 1. The highest BCUT2D eigenvalue weighted by molar-refractivity contribution is 7.89. The van der Waals surface area contributed by atoms with E-state index in [1.165, 1.54) is 35.2 Å². The Morgan fingerprint density at radius 3 is 2.31 bits per heavy atom. The number of carbonyl (C=O) groups excluding carboxylic acids is 2. The van der Waals surface area contributed by atoms with Gasteiger partial charge >= 0.3 is 0 Å². The molecule has 2 aromatic carbocycles. The van der Waals surface area contributed by atoms with Crippen molar-refractivity contribution in [3.63, 3.8) is 0 Å². The van der Waals surface area contributed by atoms with Gasteiger partial charge in [0.2, 0.25) is 10.0 Å². The minimum absolute atomic E-state index is 0.116. The molecule has 0 unspecified atom stereocenters. The lowest BCUT2D eigenvalue weighted by atomic mass is 10.2. The van der Waals surface area contributed by atoms with Crippen molar-refractivity contribution in [3.8, 4) is 5.75 Å². The van der Waals surface area contributed by atoms with Crippen LogP contribution in [0.5, 0.6) is 5.75 Å². The summed E-state index contributed by atoms with van der Waals surface area (Å²) in [5.41, 5.74) is 0.797. The quantitative estimate of drug-likeness (QED) is 0.682. The predicted octanol–water partition coefficient (Wildman–Crippen LogP) is 2.09. The number of carbonyl (C=O) groups is 2. The van der Waals surface area contributed by atoms with Gasteiger partial charge in [0.25, 0.3) is 11.8 Å². The second kappa shape index (κ2) is 9.53. The molecule has 0 saturated carbocycles. The highest BCUT2D eigenvalue weighted by Crippen LogP contribution is 2.17. The number of hydrogen-bond acceptors (Lipinski definition) is 5. The topological polar surface area (TPSA) is 105 Å². The molecule has 8 nitrogen and oxygen atoms in total. The van der Waals surface area contributed by atoms with Crippen molar-refractivity contribution in [3.05, 3.63) is 54.1 Å². The minimum Gasteiger partial charge on any atom is -0.484 e. The third kappa shape index (κ3) is 6.58. The van der Waals surface area contributed by atoms with E-state index in [9.17, 15) is 18.0 Å². The summed E-state index contributed by atoms with van der Waals surface area (Å²) in [7, 11) is -0.332. The normalized spacial score (nSPS) is 11.2. The Balaban J connectivity index is 2.05. The van der Waals surface area contributed by atoms with Gasteiger partial charge in [0.1, 0.15) is 5.75 Å². The summed E-state index contributed by atoms with van der Waals surface area (Å²) in [6.45, 7) is 3.35. The number of nitrogens with one attached hydrogen (secondary N) is 2. The van der Waals surface area contributed by atoms with E-state index in [-0.39, 0.29) is 29.4 Å². The molecule has 0 spiro atoms. The van der Waals surface area contributed by atoms with Gasteiger partial charge in [-0.1, -0.05) is 6.07 Å². The van der Waals surface area contributed by atoms with E-state index in [1.54, 1.807) is 46.1 Å². The zero-order valence-corrected chi connectivity index (χ0v) is 17.6. The van der Waals surface area contributed by atoms with Crippen molar-refractivity contribution in [1.82, 2.24) is 9.62 Å². The summed E-state index contributed by atoms with van der Waals surface area (Å²) in [5.74, 6) is -0.179. The molecule has 0 saturated heterocycles. The molecule has 0 fully saturated rings. The molecule has 2 rings (SSSR count). The number of ether oxygens (including phenoxy) is 1. The zero-order chi connectivity index (χ0) is 21.6. The molecular weight excluding hydrogens is 394 g/mol. The first-order valence-corrected chi connectivity index (χ1v) is 10.4. The van der Waals surface area contributed by atoms with Crippen molar-refractivity contribution in [2.75, 3.05) is 26.0 Å². The van der Waals surface area contributed by atoms with E-state index < -0.39 is 10.0 Å². The van der Waals surface area contributed by atoms with Crippen molar-refractivity contribution in [1.29, 1.82) is 0 Å². The number of sulfonamides is 1. The third-order valence-corrected chi connectivity index (χ3v) is 5.45. The van der Waals surface area contributed by atoms with Crippen LogP contribution in [-0.4, -0.2) is 51.9 Å². The van der Waals surface area contributed by atoms with Crippen LogP contribution in [0.2, 0.25) is 0 Å². The highest BCUT2D eigenvalue weighted by Gasteiger charge is 2.15. The van der Waals surface area contributed by atoms with Crippen LogP contribution in [0.15, 0.2) is 53.4 Å². The molecule has 0 bridgehead atoms. The van der Waals surface area contributed by atoms with E-state index in [1.807, 2.05) is 0 Å². The molecule has 2 aromatic rings. The van der Waals surface area contributed by atoms with Gasteiger partial charge in [-0.2, -0.15) is 0 Å². The number of amides is 2. The second-order valence-electron chi connectivity index (χ2n) is 6.86. The molecule has 0 aliphatic heterocycles. The maximum atomic E-state index is 12.5. The van der Waals surface area contributed by atoms with Gasteiger partial charge in [-0.15, -0.1) is 0 Å². The van der Waals surface area contributed by atoms with E-state index in [2.05, 4.69) is 10.0 Å². The Morgan fingerprint density at radius 2 is 1.72 bits per heavy atom. The summed E-state index contributed by atoms with van der Waals surface area (Å²) >= 11 is 0. The number of hydrogen-bond donors (Lipinski definition) is 2. The molecule has 156 valence electrons. The fraction of sp³-hybridized carbons (Fsp3) is 0.300.